The van der Waals surface area contributed by atoms with Gasteiger partial charge in [0, 0.05) is 10.6 Å². The van der Waals surface area contributed by atoms with Crippen molar-refractivity contribution in [1.82, 2.24) is 15.2 Å². The number of nitrogens with one attached hydrogen (secondary N) is 1. The number of aromatic nitrogens is 3. The van der Waals surface area contributed by atoms with Crippen LogP contribution in [0.15, 0.2) is 71.0 Å². The molecule has 3 aromatic rings. The molecule has 0 saturated carbocycles. The molecule has 1 atom stereocenters. The second-order valence-corrected chi connectivity index (χ2v) is 7.57. The number of para-hydroxylation sites is 1. The number of carbonyl (C=O) groups excluding carboxylic acids is 1. The molecule has 0 bridgehead atoms. The van der Waals surface area contributed by atoms with Gasteiger partial charge in [-0.15, -0.1) is 11.8 Å². The van der Waals surface area contributed by atoms with Crippen LogP contribution in [0.3, 0.4) is 0 Å². The zero-order valence-corrected chi connectivity index (χ0v) is 15.0. The number of hydrogen-bond donors (Lipinski definition) is 1. The summed E-state index contributed by atoms with van der Waals surface area (Å²) in [5, 5.41) is 7.27. The molecule has 1 aromatic heterocycles. The first-order valence-electron chi connectivity index (χ1n) is 7.90. The standard InChI is InChI=1S/C18H16N4OS2/c23-17(11-25-18-19-12-20-21-18)22-14-8-4-5-9-16(14)24-10-15(22)13-6-2-1-3-7-13/h1-9,12,15H,10-11H2,(H,19,20,21)/t15-/m1/s1. The molecule has 4 rings (SSSR count). The van der Waals surface area contributed by atoms with Crippen molar-refractivity contribution in [2.75, 3.05) is 16.4 Å². The topological polar surface area (TPSA) is 61.9 Å². The van der Waals surface area contributed by atoms with Crippen LogP contribution in [-0.2, 0) is 4.79 Å². The highest BCUT2D eigenvalue weighted by Gasteiger charge is 2.32. The normalized spacial score (nSPS) is 16.5. The van der Waals surface area contributed by atoms with Crippen molar-refractivity contribution in [3.05, 3.63) is 66.5 Å². The van der Waals surface area contributed by atoms with Gasteiger partial charge in [0.1, 0.15) is 6.33 Å². The molecular formula is C18H16N4OS2. The van der Waals surface area contributed by atoms with Gasteiger partial charge < -0.3 is 4.90 Å². The average molecular weight is 368 g/mol. The van der Waals surface area contributed by atoms with Gasteiger partial charge in [0.2, 0.25) is 5.91 Å². The Bertz CT molecular complexity index is 855. The summed E-state index contributed by atoms with van der Waals surface area (Å²) < 4.78 is 0. The van der Waals surface area contributed by atoms with Crippen LogP contribution in [0.4, 0.5) is 5.69 Å². The Kier molecular flexibility index (Phi) is 4.76. The number of carbonyl (C=O) groups is 1. The molecule has 0 fully saturated rings. The number of benzene rings is 2. The van der Waals surface area contributed by atoms with Gasteiger partial charge in [-0.25, -0.2) is 4.98 Å². The summed E-state index contributed by atoms with van der Waals surface area (Å²) in [6.45, 7) is 0. The van der Waals surface area contributed by atoms with Crippen LogP contribution in [0.2, 0.25) is 0 Å². The number of nitrogens with zero attached hydrogens (tertiary/aromatic N) is 3. The highest BCUT2D eigenvalue weighted by molar-refractivity contribution is 8.00. The Morgan fingerprint density at radius 2 is 2.00 bits per heavy atom. The summed E-state index contributed by atoms with van der Waals surface area (Å²) >= 11 is 3.17. The second-order valence-electron chi connectivity index (χ2n) is 5.55. The van der Waals surface area contributed by atoms with Crippen LogP contribution in [0, 0.1) is 0 Å². The third-order valence-electron chi connectivity index (χ3n) is 4.01. The Morgan fingerprint density at radius 3 is 2.80 bits per heavy atom. The maximum atomic E-state index is 13.1. The highest BCUT2D eigenvalue weighted by atomic mass is 32.2. The van der Waals surface area contributed by atoms with Crippen molar-refractivity contribution in [3.63, 3.8) is 0 Å². The predicted molar refractivity (Wildman–Crippen MR) is 101 cm³/mol. The van der Waals surface area contributed by atoms with Gasteiger partial charge in [-0.05, 0) is 17.7 Å². The van der Waals surface area contributed by atoms with Gasteiger partial charge in [-0.2, -0.15) is 5.10 Å². The molecule has 1 aliphatic heterocycles. The lowest BCUT2D eigenvalue weighted by molar-refractivity contribution is -0.116. The van der Waals surface area contributed by atoms with E-state index in [1.165, 1.54) is 18.1 Å². The van der Waals surface area contributed by atoms with E-state index in [1.807, 2.05) is 41.3 Å². The SMILES string of the molecule is O=C(CSc1ncn[nH]1)N1c2ccccc2SC[C@@H]1c1ccccc1. The highest BCUT2D eigenvalue weighted by Crippen LogP contribution is 2.43. The van der Waals surface area contributed by atoms with E-state index in [0.29, 0.717) is 10.9 Å². The largest absolute Gasteiger partial charge is 0.302 e. The van der Waals surface area contributed by atoms with Gasteiger partial charge in [0.25, 0.3) is 0 Å². The first-order chi connectivity index (χ1) is 12.3. The molecule has 1 N–H and O–H groups in total. The van der Waals surface area contributed by atoms with E-state index in [0.717, 1.165) is 21.9 Å². The minimum absolute atomic E-state index is 0.0314. The average Bonchev–Trinajstić information content (AvgIpc) is 3.19. The first kappa shape index (κ1) is 16.2. The lowest BCUT2D eigenvalue weighted by atomic mass is 10.1. The van der Waals surface area contributed by atoms with Crippen molar-refractivity contribution in [2.45, 2.75) is 16.1 Å². The molecule has 5 nitrogen and oxygen atoms in total. The fourth-order valence-corrected chi connectivity index (χ4v) is 4.69. The number of anilines is 1. The molecule has 2 heterocycles. The van der Waals surface area contributed by atoms with Crippen LogP contribution in [0.5, 0.6) is 0 Å². The van der Waals surface area contributed by atoms with Gasteiger partial charge in [-0.3, -0.25) is 9.89 Å². The zero-order valence-electron chi connectivity index (χ0n) is 13.3. The smallest absolute Gasteiger partial charge is 0.238 e. The summed E-state index contributed by atoms with van der Waals surface area (Å²) in [7, 11) is 0. The van der Waals surface area contributed by atoms with Crippen LogP contribution in [0.25, 0.3) is 0 Å². The van der Waals surface area contributed by atoms with E-state index in [4.69, 9.17) is 0 Å². The maximum absolute atomic E-state index is 13.1. The molecule has 0 aliphatic carbocycles. The van der Waals surface area contributed by atoms with E-state index in [2.05, 4.69) is 33.4 Å². The van der Waals surface area contributed by atoms with Crippen molar-refractivity contribution in [1.29, 1.82) is 0 Å². The molecule has 1 aliphatic rings. The van der Waals surface area contributed by atoms with Gasteiger partial charge >= 0.3 is 0 Å². The van der Waals surface area contributed by atoms with Crippen LogP contribution in [0.1, 0.15) is 11.6 Å². The molecule has 1 amide bonds. The van der Waals surface area contributed by atoms with E-state index in [9.17, 15) is 4.79 Å². The summed E-state index contributed by atoms with van der Waals surface area (Å²) in [5.74, 6) is 1.24. The number of hydrogen-bond acceptors (Lipinski definition) is 5. The van der Waals surface area contributed by atoms with E-state index in [1.54, 1.807) is 11.8 Å². The number of aromatic amines is 1. The Balaban J connectivity index is 1.64. The lowest BCUT2D eigenvalue weighted by Crippen LogP contribution is -2.39. The molecule has 25 heavy (non-hydrogen) atoms. The Hall–Kier alpha value is -2.25. The van der Waals surface area contributed by atoms with E-state index < -0.39 is 0 Å². The molecule has 2 aromatic carbocycles. The second kappa shape index (κ2) is 7.33. The van der Waals surface area contributed by atoms with Gasteiger partial charge in [0.05, 0.1) is 17.5 Å². The molecular weight excluding hydrogens is 352 g/mol. The Labute approximate surface area is 154 Å². The first-order valence-corrected chi connectivity index (χ1v) is 9.87. The van der Waals surface area contributed by atoms with E-state index >= 15 is 0 Å². The van der Waals surface area contributed by atoms with Crippen molar-refractivity contribution >= 4 is 35.1 Å². The van der Waals surface area contributed by atoms with E-state index in [-0.39, 0.29) is 11.9 Å². The Morgan fingerprint density at radius 1 is 1.20 bits per heavy atom. The quantitative estimate of drug-likeness (QED) is 0.710. The fraction of sp³-hybridized carbons (Fsp3) is 0.167. The zero-order chi connectivity index (χ0) is 17.1. The van der Waals surface area contributed by atoms with Crippen molar-refractivity contribution in [3.8, 4) is 0 Å². The van der Waals surface area contributed by atoms with Gasteiger partial charge in [-0.1, -0.05) is 54.2 Å². The fourth-order valence-electron chi connectivity index (χ4n) is 2.88. The molecule has 0 saturated heterocycles. The van der Waals surface area contributed by atoms with Crippen molar-refractivity contribution in [2.24, 2.45) is 0 Å². The summed E-state index contributed by atoms with van der Waals surface area (Å²) in [5.41, 5.74) is 2.14. The number of amides is 1. The minimum Gasteiger partial charge on any atom is -0.302 e. The summed E-state index contributed by atoms with van der Waals surface area (Å²) in [4.78, 5) is 20.2. The minimum atomic E-state index is 0.0314. The number of fused-ring (bicyclic) bond motifs is 1. The number of thioether (sulfide) groups is 2. The number of H-pyrrole nitrogens is 1. The monoisotopic (exact) mass is 368 g/mol. The molecule has 126 valence electrons. The molecule has 7 heteroatoms. The predicted octanol–water partition coefficient (Wildman–Crippen LogP) is 3.78. The number of rotatable bonds is 4. The molecule has 0 unspecified atom stereocenters. The van der Waals surface area contributed by atoms with Crippen LogP contribution < -0.4 is 4.90 Å². The third-order valence-corrected chi connectivity index (χ3v) is 6.01. The van der Waals surface area contributed by atoms with Crippen LogP contribution in [-0.4, -0.2) is 32.6 Å². The molecule has 0 spiro atoms. The summed E-state index contributed by atoms with van der Waals surface area (Å²) in [6.07, 6.45) is 1.45. The van der Waals surface area contributed by atoms with Crippen LogP contribution >= 0.6 is 23.5 Å². The molecule has 0 radical (unpaired) electrons. The van der Waals surface area contributed by atoms with Gasteiger partial charge in [0.15, 0.2) is 5.16 Å². The lowest BCUT2D eigenvalue weighted by Gasteiger charge is -2.37. The maximum Gasteiger partial charge on any atom is 0.238 e. The third kappa shape index (κ3) is 3.43. The summed E-state index contributed by atoms with van der Waals surface area (Å²) in [6, 6.07) is 18.3. The van der Waals surface area contributed by atoms with Crippen molar-refractivity contribution < 1.29 is 4.79 Å².